The van der Waals surface area contributed by atoms with Gasteiger partial charge in [0.25, 0.3) is 5.91 Å². The van der Waals surface area contributed by atoms with Gasteiger partial charge >= 0.3 is 0 Å². The highest BCUT2D eigenvalue weighted by atomic mass is 16.5. The normalized spacial score (nSPS) is 24.1. The molecule has 1 aromatic heterocycles. The molecule has 2 aliphatic rings. The summed E-state index contributed by atoms with van der Waals surface area (Å²) in [5, 5.41) is 6.17. The monoisotopic (exact) mass is 442 g/mol. The number of pyridine rings is 1. The first-order valence-electron chi connectivity index (χ1n) is 11.9. The van der Waals surface area contributed by atoms with E-state index >= 15 is 0 Å². The van der Waals surface area contributed by atoms with Gasteiger partial charge in [-0.05, 0) is 49.1 Å². The van der Waals surface area contributed by atoms with Gasteiger partial charge in [0, 0.05) is 51.5 Å². The van der Waals surface area contributed by atoms with E-state index in [9.17, 15) is 9.59 Å². The van der Waals surface area contributed by atoms with Crippen molar-refractivity contribution in [3.63, 3.8) is 0 Å². The lowest BCUT2D eigenvalue weighted by Crippen LogP contribution is -2.42. The van der Waals surface area contributed by atoms with Crippen LogP contribution in [0.5, 0.6) is 0 Å². The van der Waals surface area contributed by atoms with Crippen LogP contribution in [0.1, 0.15) is 44.0 Å². The minimum atomic E-state index is -0.0894. The molecule has 2 amide bonds. The van der Waals surface area contributed by atoms with Gasteiger partial charge in [-0.2, -0.15) is 0 Å². The first kappa shape index (κ1) is 24.4. The summed E-state index contributed by atoms with van der Waals surface area (Å²) in [5.74, 6) is 1.48. The number of nitrogens with one attached hydrogen (secondary N) is 2. The molecular weight excluding hydrogens is 404 g/mol. The number of aromatic nitrogens is 1. The smallest absolute Gasteiger partial charge is 0.252 e. The van der Waals surface area contributed by atoms with E-state index < -0.39 is 0 Å². The van der Waals surface area contributed by atoms with Crippen LogP contribution in [-0.2, 0) is 9.53 Å². The second-order valence-corrected chi connectivity index (χ2v) is 9.37. The van der Waals surface area contributed by atoms with Crippen LogP contribution >= 0.6 is 0 Å². The minimum Gasteiger partial charge on any atom is -0.379 e. The van der Waals surface area contributed by atoms with Crippen molar-refractivity contribution < 1.29 is 14.3 Å². The van der Waals surface area contributed by atoms with Gasteiger partial charge in [0.1, 0.15) is 0 Å². The molecule has 1 fully saturated rings. The van der Waals surface area contributed by atoms with Gasteiger partial charge in [0.2, 0.25) is 5.91 Å². The zero-order valence-electron chi connectivity index (χ0n) is 19.7. The summed E-state index contributed by atoms with van der Waals surface area (Å²) in [6, 6.07) is 3.55. The number of rotatable bonds is 9. The molecular formula is C25H38N4O3. The van der Waals surface area contributed by atoms with Crippen molar-refractivity contribution >= 4 is 11.8 Å². The molecule has 32 heavy (non-hydrogen) atoms. The fourth-order valence-electron chi connectivity index (χ4n) is 4.79. The summed E-state index contributed by atoms with van der Waals surface area (Å²) in [6.07, 6.45) is 7.04. The van der Waals surface area contributed by atoms with E-state index in [-0.39, 0.29) is 23.7 Å². The Bertz CT molecular complexity index is 775. The van der Waals surface area contributed by atoms with E-state index in [4.69, 9.17) is 4.74 Å². The van der Waals surface area contributed by atoms with Crippen LogP contribution < -0.4 is 10.6 Å². The lowest BCUT2D eigenvalue weighted by Gasteiger charge is -2.37. The molecule has 0 spiro atoms. The van der Waals surface area contributed by atoms with Gasteiger partial charge in [0.05, 0.1) is 18.8 Å². The van der Waals surface area contributed by atoms with Gasteiger partial charge in [-0.25, -0.2) is 0 Å². The molecule has 3 rings (SSSR count). The molecule has 176 valence electrons. The predicted octanol–water partition coefficient (Wildman–Crippen LogP) is 2.50. The number of hydrogen-bond acceptors (Lipinski definition) is 5. The van der Waals surface area contributed by atoms with Gasteiger partial charge in [-0.15, -0.1) is 0 Å². The van der Waals surface area contributed by atoms with Crippen molar-refractivity contribution in [3.05, 3.63) is 41.7 Å². The number of hydrogen-bond donors (Lipinski definition) is 2. The Labute approximate surface area is 192 Å². The molecule has 7 heteroatoms. The number of allylic oxidation sites excluding steroid dienone is 1. The van der Waals surface area contributed by atoms with Crippen LogP contribution in [-0.4, -0.2) is 67.6 Å². The molecule has 2 heterocycles. The van der Waals surface area contributed by atoms with Crippen LogP contribution in [0.2, 0.25) is 0 Å². The Hall–Kier alpha value is -2.25. The third-order valence-electron chi connectivity index (χ3n) is 6.79. The summed E-state index contributed by atoms with van der Waals surface area (Å²) < 4.78 is 5.37. The fourth-order valence-corrected chi connectivity index (χ4v) is 4.79. The topological polar surface area (TPSA) is 83.6 Å². The van der Waals surface area contributed by atoms with Gasteiger partial charge in [-0.1, -0.05) is 25.5 Å². The third-order valence-corrected chi connectivity index (χ3v) is 6.79. The molecule has 1 saturated heterocycles. The maximum absolute atomic E-state index is 12.6. The second kappa shape index (κ2) is 12.1. The second-order valence-electron chi connectivity index (χ2n) is 9.37. The van der Waals surface area contributed by atoms with Crippen molar-refractivity contribution in [2.24, 2.45) is 23.7 Å². The van der Waals surface area contributed by atoms with Crippen LogP contribution in [0.3, 0.4) is 0 Å². The lowest BCUT2D eigenvalue weighted by atomic mass is 9.69. The molecule has 7 nitrogen and oxygen atoms in total. The first-order chi connectivity index (χ1) is 15.4. The summed E-state index contributed by atoms with van der Waals surface area (Å²) >= 11 is 0. The van der Waals surface area contributed by atoms with E-state index in [1.165, 1.54) is 5.57 Å². The van der Waals surface area contributed by atoms with Crippen LogP contribution in [0, 0.1) is 23.7 Å². The highest BCUT2D eigenvalue weighted by Crippen LogP contribution is 2.38. The van der Waals surface area contributed by atoms with E-state index in [1.807, 2.05) is 0 Å². The van der Waals surface area contributed by atoms with Crippen LogP contribution in [0.15, 0.2) is 36.2 Å². The van der Waals surface area contributed by atoms with E-state index in [2.05, 4.69) is 47.4 Å². The molecule has 1 aliphatic heterocycles. The van der Waals surface area contributed by atoms with E-state index in [1.54, 1.807) is 24.5 Å². The molecule has 1 aromatic rings. The van der Waals surface area contributed by atoms with Crippen molar-refractivity contribution in [2.45, 2.75) is 33.6 Å². The third kappa shape index (κ3) is 7.14. The summed E-state index contributed by atoms with van der Waals surface area (Å²) in [6.45, 7) is 12.2. The molecule has 3 atom stereocenters. The zero-order valence-corrected chi connectivity index (χ0v) is 19.7. The van der Waals surface area contributed by atoms with Crippen molar-refractivity contribution in [1.82, 2.24) is 20.5 Å². The molecule has 2 N–H and O–H groups in total. The molecule has 0 bridgehead atoms. The maximum atomic E-state index is 12.6. The molecule has 0 radical (unpaired) electrons. The summed E-state index contributed by atoms with van der Waals surface area (Å²) in [5.41, 5.74) is 1.84. The average molecular weight is 443 g/mol. The van der Waals surface area contributed by atoms with Gasteiger partial charge < -0.3 is 15.4 Å². The Balaban J connectivity index is 1.50. The highest BCUT2D eigenvalue weighted by Gasteiger charge is 2.32. The van der Waals surface area contributed by atoms with E-state index in [0.29, 0.717) is 36.9 Å². The Kier molecular flexibility index (Phi) is 9.23. The quantitative estimate of drug-likeness (QED) is 0.574. The van der Waals surface area contributed by atoms with Crippen LogP contribution in [0.25, 0.3) is 0 Å². The number of amides is 2. The highest BCUT2D eigenvalue weighted by molar-refractivity contribution is 5.93. The Morgan fingerprint density at radius 3 is 2.72 bits per heavy atom. The predicted molar refractivity (Wildman–Crippen MR) is 125 cm³/mol. The van der Waals surface area contributed by atoms with Gasteiger partial charge in [0.15, 0.2) is 0 Å². The standard InChI is InChI=1S/C25H38N4O3/c1-18(2)23-14-21(15-24(30)27-7-8-29-9-11-32-12-10-29)19(3)13-22(23)17-28-25(31)20-5-4-6-26-16-20/h4-6,13,16,18,21-23H,7-12,14-15,17H2,1-3H3,(H,27,30)(H,28,31)/t21-,22-,23-/m0/s1. The number of carbonyl (C=O) groups is 2. The molecule has 0 unspecified atom stereocenters. The van der Waals surface area contributed by atoms with Crippen molar-refractivity contribution in [1.29, 1.82) is 0 Å². The Morgan fingerprint density at radius 1 is 1.25 bits per heavy atom. The first-order valence-corrected chi connectivity index (χ1v) is 11.9. The van der Waals surface area contributed by atoms with Crippen LogP contribution in [0.4, 0.5) is 0 Å². The lowest BCUT2D eigenvalue weighted by molar-refractivity contribution is -0.122. The molecule has 1 aliphatic carbocycles. The SMILES string of the molecule is CC1=C[C@@H](CNC(=O)c2cccnc2)[C@H](C(C)C)C[C@H]1CC(=O)NCCN1CCOCC1. The largest absolute Gasteiger partial charge is 0.379 e. The number of nitrogens with zero attached hydrogens (tertiary/aromatic N) is 2. The zero-order chi connectivity index (χ0) is 22.9. The number of morpholine rings is 1. The maximum Gasteiger partial charge on any atom is 0.252 e. The average Bonchev–Trinajstić information content (AvgIpc) is 2.80. The molecule has 0 aromatic carbocycles. The summed E-state index contributed by atoms with van der Waals surface area (Å²) in [4.78, 5) is 31.4. The number of carbonyl (C=O) groups excluding carboxylic acids is 2. The van der Waals surface area contributed by atoms with Crippen molar-refractivity contribution in [3.8, 4) is 0 Å². The van der Waals surface area contributed by atoms with Crippen molar-refractivity contribution in [2.75, 3.05) is 45.9 Å². The number of ether oxygens (including phenoxy) is 1. The van der Waals surface area contributed by atoms with Gasteiger partial charge in [-0.3, -0.25) is 19.5 Å². The Morgan fingerprint density at radius 2 is 2.03 bits per heavy atom. The minimum absolute atomic E-state index is 0.0894. The van der Waals surface area contributed by atoms with E-state index in [0.717, 1.165) is 39.3 Å². The summed E-state index contributed by atoms with van der Waals surface area (Å²) in [7, 11) is 0. The fraction of sp³-hybridized carbons (Fsp3) is 0.640. The molecule has 0 saturated carbocycles.